The van der Waals surface area contributed by atoms with E-state index >= 15 is 0 Å². The first-order chi connectivity index (χ1) is 12.6. The van der Waals surface area contributed by atoms with E-state index in [4.69, 9.17) is 0 Å². The number of urea groups is 1. The number of benzene rings is 1. The molecule has 1 aromatic heterocycles. The Labute approximate surface area is 150 Å². The monoisotopic (exact) mass is 383 g/mol. The smallest absolute Gasteiger partial charge is 0.363 e. The number of nitrogens with zero attached hydrogens (tertiary/aromatic N) is 1. The van der Waals surface area contributed by atoms with E-state index in [0.717, 1.165) is 30.5 Å². The molecule has 6 nitrogen and oxygen atoms in total. The zero-order valence-corrected chi connectivity index (χ0v) is 13.5. The van der Waals surface area contributed by atoms with Crippen molar-refractivity contribution in [1.29, 1.82) is 0 Å². The minimum atomic E-state index is -5.36. The fourth-order valence-corrected chi connectivity index (χ4v) is 2.97. The van der Waals surface area contributed by atoms with Crippen LogP contribution >= 0.6 is 0 Å². The van der Waals surface area contributed by atoms with Gasteiger partial charge >= 0.3 is 12.2 Å². The number of nitrogens with one attached hydrogen (secondary N) is 2. The van der Waals surface area contributed by atoms with Crippen LogP contribution in [0.5, 0.6) is 0 Å². The quantitative estimate of drug-likeness (QED) is 0.561. The molecule has 3 unspecified atom stereocenters. The van der Waals surface area contributed by atoms with Crippen molar-refractivity contribution >= 4 is 11.8 Å². The molecular weight excluding hydrogens is 370 g/mol. The molecule has 0 spiro atoms. The molecule has 2 heterocycles. The van der Waals surface area contributed by atoms with Gasteiger partial charge in [0.15, 0.2) is 5.78 Å². The zero-order valence-electron chi connectivity index (χ0n) is 13.5. The van der Waals surface area contributed by atoms with E-state index < -0.39 is 41.5 Å². The topological polar surface area (TPSA) is 91.3 Å². The number of amides is 2. The van der Waals surface area contributed by atoms with Crippen molar-refractivity contribution < 1.29 is 32.3 Å². The van der Waals surface area contributed by atoms with Gasteiger partial charge < -0.3 is 15.7 Å². The number of Topliss-reactive ketones (excluding diaryl/α,β-unsaturated/α-hetero) is 1. The van der Waals surface area contributed by atoms with E-state index in [2.05, 4.69) is 10.3 Å². The number of halogens is 4. The van der Waals surface area contributed by atoms with Crippen molar-refractivity contribution in [3.05, 3.63) is 65.7 Å². The normalized spacial score (nSPS) is 25.4. The van der Waals surface area contributed by atoms with E-state index in [-0.39, 0.29) is 11.1 Å². The molecule has 142 valence electrons. The fourth-order valence-electron chi connectivity index (χ4n) is 2.97. The fraction of sp³-hybridized carbons (Fsp3) is 0.235. The first kappa shape index (κ1) is 18.8. The van der Waals surface area contributed by atoms with E-state index in [1.54, 1.807) is 0 Å². The van der Waals surface area contributed by atoms with Gasteiger partial charge in [-0.2, -0.15) is 13.2 Å². The molecule has 1 fully saturated rings. The molecule has 2 amide bonds. The summed E-state index contributed by atoms with van der Waals surface area (Å²) in [6.45, 7) is 0. The summed E-state index contributed by atoms with van der Waals surface area (Å²) < 4.78 is 54.2. The summed E-state index contributed by atoms with van der Waals surface area (Å²) in [6.07, 6.45) is -2.98. The van der Waals surface area contributed by atoms with Crippen molar-refractivity contribution in [2.24, 2.45) is 5.92 Å². The third kappa shape index (κ3) is 3.35. The minimum Gasteiger partial charge on any atom is -0.363 e. The lowest BCUT2D eigenvalue weighted by molar-refractivity contribution is -0.287. The second-order valence-corrected chi connectivity index (χ2v) is 5.98. The first-order valence-corrected chi connectivity index (χ1v) is 7.71. The Morgan fingerprint density at radius 1 is 1.19 bits per heavy atom. The molecule has 0 radical (unpaired) electrons. The van der Waals surface area contributed by atoms with Crippen molar-refractivity contribution in [3.8, 4) is 0 Å². The van der Waals surface area contributed by atoms with Crippen LogP contribution in [0.2, 0.25) is 0 Å². The van der Waals surface area contributed by atoms with E-state index in [9.17, 15) is 32.3 Å². The average molecular weight is 383 g/mol. The molecule has 0 saturated carbocycles. The maximum atomic E-state index is 13.7. The second-order valence-electron chi connectivity index (χ2n) is 5.98. The minimum absolute atomic E-state index is 0.0242. The number of hydrogen-bond donors (Lipinski definition) is 3. The summed E-state index contributed by atoms with van der Waals surface area (Å²) in [7, 11) is 0. The third-order valence-corrected chi connectivity index (χ3v) is 4.26. The van der Waals surface area contributed by atoms with Gasteiger partial charge in [-0.15, -0.1) is 0 Å². The number of carbonyl (C=O) groups is 2. The Morgan fingerprint density at radius 2 is 1.85 bits per heavy atom. The number of aromatic nitrogens is 1. The Hall–Kier alpha value is -3.01. The summed E-state index contributed by atoms with van der Waals surface area (Å²) in [5.41, 5.74) is -3.99. The molecule has 3 atom stereocenters. The van der Waals surface area contributed by atoms with E-state index in [1.165, 1.54) is 23.6 Å². The predicted octanol–water partition coefficient (Wildman–Crippen LogP) is 2.32. The standard InChI is InChI=1S/C17H13F4N3O3/c18-11-5-3-9(4-6-11)13-12(14(25)10-2-1-7-22-8-10)16(27,17(19,20)21)24-15(26)23-13/h1-8,12-13,27H,(H2,23,24,26). The highest BCUT2D eigenvalue weighted by molar-refractivity contribution is 6.00. The molecule has 27 heavy (non-hydrogen) atoms. The van der Waals surface area contributed by atoms with Crippen LogP contribution in [0.25, 0.3) is 0 Å². The number of rotatable bonds is 3. The van der Waals surface area contributed by atoms with Crippen molar-refractivity contribution in [3.63, 3.8) is 0 Å². The van der Waals surface area contributed by atoms with Crippen molar-refractivity contribution in [2.45, 2.75) is 17.9 Å². The third-order valence-electron chi connectivity index (χ3n) is 4.26. The van der Waals surface area contributed by atoms with Gasteiger partial charge in [0.1, 0.15) is 11.7 Å². The molecule has 0 aliphatic carbocycles. The summed E-state index contributed by atoms with van der Waals surface area (Å²) in [5, 5.41) is 14.0. The highest BCUT2D eigenvalue weighted by Crippen LogP contribution is 2.43. The molecule has 1 aromatic carbocycles. The largest absolute Gasteiger partial charge is 0.437 e. The van der Waals surface area contributed by atoms with E-state index in [1.807, 2.05) is 0 Å². The lowest BCUT2D eigenvalue weighted by atomic mass is 9.77. The van der Waals surface area contributed by atoms with Crippen molar-refractivity contribution in [2.75, 3.05) is 0 Å². The van der Waals surface area contributed by atoms with Crippen LogP contribution in [0.3, 0.4) is 0 Å². The Kier molecular flexibility index (Phi) is 4.60. The van der Waals surface area contributed by atoms with Gasteiger partial charge in [0, 0.05) is 18.0 Å². The number of aliphatic hydroxyl groups is 1. The SMILES string of the molecule is O=C1NC(c2ccc(F)cc2)C(C(=O)c2cccnc2)C(O)(C(F)(F)F)N1. The molecule has 1 saturated heterocycles. The van der Waals surface area contributed by atoms with Crippen LogP contribution in [-0.4, -0.2) is 33.8 Å². The summed E-state index contributed by atoms with van der Waals surface area (Å²) >= 11 is 0. The molecule has 3 N–H and O–H groups in total. The summed E-state index contributed by atoms with van der Waals surface area (Å²) in [5.74, 6) is -3.92. The number of carbonyl (C=O) groups excluding carboxylic acids is 2. The zero-order chi connectivity index (χ0) is 19.8. The van der Waals surface area contributed by atoms with Crippen LogP contribution < -0.4 is 10.6 Å². The number of alkyl halides is 3. The number of hydrogen-bond acceptors (Lipinski definition) is 4. The van der Waals surface area contributed by atoms with Gasteiger partial charge in [0.2, 0.25) is 5.72 Å². The Balaban J connectivity index is 2.15. The lowest BCUT2D eigenvalue weighted by Crippen LogP contribution is -2.72. The van der Waals surface area contributed by atoms with Gasteiger partial charge in [-0.1, -0.05) is 12.1 Å². The van der Waals surface area contributed by atoms with Gasteiger partial charge in [0.05, 0.1) is 6.04 Å². The maximum Gasteiger partial charge on any atom is 0.437 e. The second kappa shape index (κ2) is 6.62. The highest BCUT2D eigenvalue weighted by atomic mass is 19.4. The number of pyridine rings is 1. The lowest BCUT2D eigenvalue weighted by Gasteiger charge is -2.45. The van der Waals surface area contributed by atoms with Crippen LogP contribution in [-0.2, 0) is 0 Å². The Bertz CT molecular complexity index is 858. The number of ketones is 1. The van der Waals surface area contributed by atoms with Gasteiger partial charge in [-0.3, -0.25) is 9.78 Å². The Morgan fingerprint density at radius 3 is 2.41 bits per heavy atom. The molecule has 1 aliphatic rings. The molecule has 0 bridgehead atoms. The van der Waals surface area contributed by atoms with Gasteiger partial charge in [0.25, 0.3) is 0 Å². The highest BCUT2D eigenvalue weighted by Gasteiger charge is 2.66. The average Bonchev–Trinajstić information content (AvgIpc) is 2.61. The molecule has 2 aromatic rings. The predicted molar refractivity (Wildman–Crippen MR) is 83.9 cm³/mol. The summed E-state index contributed by atoms with van der Waals surface area (Å²) in [6, 6.07) is 3.92. The molecule has 10 heteroatoms. The van der Waals surface area contributed by atoms with Crippen molar-refractivity contribution in [1.82, 2.24) is 15.6 Å². The van der Waals surface area contributed by atoms with E-state index in [0.29, 0.717) is 0 Å². The van der Waals surface area contributed by atoms with Gasteiger partial charge in [-0.25, -0.2) is 9.18 Å². The van der Waals surface area contributed by atoms with Crippen LogP contribution in [0, 0.1) is 11.7 Å². The molecular formula is C17H13F4N3O3. The maximum absolute atomic E-state index is 13.7. The summed E-state index contributed by atoms with van der Waals surface area (Å²) in [4.78, 5) is 28.3. The van der Waals surface area contributed by atoms with Crippen LogP contribution in [0.1, 0.15) is 22.0 Å². The van der Waals surface area contributed by atoms with Crippen LogP contribution in [0.4, 0.5) is 22.4 Å². The van der Waals surface area contributed by atoms with Crippen LogP contribution in [0.15, 0.2) is 48.8 Å². The first-order valence-electron chi connectivity index (χ1n) is 7.71. The van der Waals surface area contributed by atoms with Gasteiger partial charge in [-0.05, 0) is 29.8 Å². The molecule has 1 aliphatic heterocycles. The molecule has 3 rings (SSSR count).